The summed E-state index contributed by atoms with van der Waals surface area (Å²) in [6.45, 7) is 4.33. The van der Waals surface area contributed by atoms with Gasteiger partial charge in [0.05, 0.1) is 0 Å². The molecule has 17 heavy (non-hydrogen) atoms. The molecule has 0 saturated heterocycles. The fraction of sp³-hybridized carbons (Fsp3) is 0.500. The first-order valence-corrected chi connectivity index (χ1v) is 3.71. The molecule has 0 radical (unpaired) electrons. The minimum atomic E-state index is -0.833. The topological polar surface area (TPSA) is 149 Å². The predicted octanol–water partition coefficient (Wildman–Crippen LogP) is 0.364. The van der Waals surface area contributed by atoms with Crippen LogP contribution in [0.4, 0.5) is 0 Å². The third-order valence-electron chi connectivity index (χ3n) is 0. The second-order valence-electron chi connectivity index (χ2n) is 2.08. The van der Waals surface area contributed by atoms with Gasteiger partial charge >= 0.3 is 0 Å². The van der Waals surface area contributed by atoms with Gasteiger partial charge in [0.25, 0.3) is 23.9 Å². The van der Waals surface area contributed by atoms with E-state index < -0.39 is 23.9 Å². The maximum Gasteiger partial charge on any atom is 0.300 e. The van der Waals surface area contributed by atoms with Crippen LogP contribution in [0.2, 0.25) is 0 Å². The maximum absolute atomic E-state index is 9.00. The van der Waals surface area contributed by atoms with Gasteiger partial charge in [-0.1, -0.05) is 0 Å². The quantitative estimate of drug-likeness (QED) is 0.450. The van der Waals surface area contributed by atoms with E-state index in [0.29, 0.717) is 0 Å². The Labute approximate surface area is 128 Å². The molecule has 4 N–H and O–H groups in total. The Morgan fingerprint density at radius 3 is 0.529 bits per heavy atom. The van der Waals surface area contributed by atoms with Crippen molar-refractivity contribution in [2.45, 2.75) is 27.7 Å². The van der Waals surface area contributed by atoms with Crippen LogP contribution in [0.1, 0.15) is 27.7 Å². The van der Waals surface area contributed by atoms with E-state index in [9.17, 15) is 0 Å². The van der Waals surface area contributed by atoms with Crippen molar-refractivity contribution in [1.29, 1.82) is 0 Å². The molecule has 0 spiro atoms. The van der Waals surface area contributed by atoms with Gasteiger partial charge in [-0.05, 0) is 0 Å². The summed E-state index contributed by atoms with van der Waals surface area (Å²) in [6, 6.07) is 0. The predicted molar refractivity (Wildman–Crippen MR) is 53.2 cm³/mol. The molecule has 0 aromatic heterocycles. The summed E-state index contributed by atoms with van der Waals surface area (Å²) in [4.78, 5) is 36.0. The number of carbonyl (C=O) groups is 4. The smallest absolute Gasteiger partial charge is 0.300 e. The summed E-state index contributed by atoms with van der Waals surface area (Å²) >= 11 is 0. The summed E-state index contributed by atoms with van der Waals surface area (Å²) in [5, 5.41) is 29.7. The van der Waals surface area contributed by atoms with Gasteiger partial charge in [-0.2, -0.15) is 0 Å². The molecular weight excluding hydrogens is 391 g/mol. The van der Waals surface area contributed by atoms with Crippen LogP contribution in [0.25, 0.3) is 0 Å². The molecular formula is C8H16ErO8. The Morgan fingerprint density at radius 1 is 0.529 bits per heavy atom. The van der Waals surface area contributed by atoms with Crippen LogP contribution in [0.15, 0.2) is 0 Å². The Kier molecular flexibility index (Phi) is 42.8. The number of hydrogen-bond acceptors (Lipinski definition) is 4. The van der Waals surface area contributed by atoms with E-state index >= 15 is 0 Å². The van der Waals surface area contributed by atoms with Crippen LogP contribution in [-0.2, 0) is 19.2 Å². The third-order valence-corrected chi connectivity index (χ3v) is 0. The van der Waals surface area contributed by atoms with Crippen molar-refractivity contribution < 1.29 is 76.9 Å². The summed E-state index contributed by atoms with van der Waals surface area (Å²) in [5.74, 6) is -3.33. The summed E-state index contributed by atoms with van der Waals surface area (Å²) in [5.41, 5.74) is 0. The van der Waals surface area contributed by atoms with Crippen LogP contribution in [0.5, 0.6) is 0 Å². The van der Waals surface area contributed by atoms with Gasteiger partial charge in [-0.25, -0.2) is 0 Å². The van der Waals surface area contributed by atoms with Gasteiger partial charge < -0.3 is 20.4 Å². The van der Waals surface area contributed by atoms with Crippen molar-refractivity contribution in [3.8, 4) is 0 Å². The van der Waals surface area contributed by atoms with Crippen LogP contribution >= 0.6 is 0 Å². The Morgan fingerprint density at radius 2 is 0.529 bits per heavy atom. The molecule has 9 heteroatoms. The second kappa shape index (κ2) is 24.4. The fourth-order valence-corrected chi connectivity index (χ4v) is 0. The molecule has 0 aromatic carbocycles. The molecule has 0 aromatic rings. The van der Waals surface area contributed by atoms with E-state index in [-0.39, 0.29) is 37.3 Å². The van der Waals surface area contributed by atoms with Crippen molar-refractivity contribution >= 4 is 23.9 Å². The van der Waals surface area contributed by atoms with E-state index in [1.54, 1.807) is 0 Å². The molecule has 108 valence electrons. The normalized spacial score (nSPS) is 5.88. The van der Waals surface area contributed by atoms with E-state index in [0.717, 1.165) is 27.7 Å². The van der Waals surface area contributed by atoms with Crippen LogP contribution in [0.3, 0.4) is 0 Å². The van der Waals surface area contributed by atoms with Crippen LogP contribution in [0, 0.1) is 37.3 Å². The van der Waals surface area contributed by atoms with E-state index in [2.05, 4.69) is 0 Å². The average molecular weight is 407 g/mol. The van der Waals surface area contributed by atoms with Crippen molar-refractivity contribution in [2.24, 2.45) is 0 Å². The van der Waals surface area contributed by atoms with E-state index in [1.807, 2.05) is 0 Å². The molecule has 0 atom stereocenters. The molecule has 8 nitrogen and oxygen atoms in total. The van der Waals surface area contributed by atoms with Gasteiger partial charge in [0.2, 0.25) is 0 Å². The number of aliphatic carboxylic acids is 4. The first-order chi connectivity index (χ1) is 6.93. The average Bonchev–Trinajstić information content (AvgIpc) is 1.76. The SMILES string of the molecule is CC(=O)O.CC(=O)O.CC(=O)O.CC(=O)O.[Er]. The van der Waals surface area contributed by atoms with Crippen LogP contribution in [-0.4, -0.2) is 44.3 Å². The minimum Gasteiger partial charge on any atom is -0.481 e. The zero-order valence-electron chi connectivity index (χ0n) is 9.71. The summed E-state index contributed by atoms with van der Waals surface area (Å²) in [7, 11) is 0. The Balaban J connectivity index is -0.0000000369. The Hall–Kier alpha value is -0.873. The molecule has 0 fully saturated rings. The molecule has 0 aliphatic rings. The third kappa shape index (κ3) is 3420. The number of rotatable bonds is 0. The largest absolute Gasteiger partial charge is 0.481 e. The standard InChI is InChI=1S/4C2H4O2.Er/c4*1-2(3)4;/h4*1H3,(H,3,4);. The van der Waals surface area contributed by atoms with Crippen molar-refractivity contribution in [3.05, 3.63) is 0 Å². The molecule has 0 rings (SSSR count). The first-order valence-electron chi connectivity index (χ1n) is 3.71. The zero-order chi connectivity index (χ0) is 14.3. The van der Waals surface area contributed by atoms with E-state index in [4.69, 9.17) is 39.6 Å². The van der Waals surface area contributed by atoms with Crippen molar-refractivity contribution in [2.75, 3.05) is 0 Å². The van der Waals surface area contributed by atoms with Crippen molar-refractivity contribution in [3.63, 3.8) is 0 Å². The summed E-state index contributed by atoms with van der Waals surface area (Å²) in [6.07, 6.45) is 0. The minimum absolute atomic E-state index is 0. The molecule has 0 saturated carbocycles. The van der Waals surface area contributed by atoms with Gasteiger partial charge in [0, 0.05) is 65.0 Å². The molecule has 0 unspecified atom stereocenters. The van der Waals surface area contributed by atoms with Gasteiger partial charge in [-0.15, -0.1) is 0 Å². The van der Waals surface area contributed by atoms with Gasteiger partial charge in [-0.3, -0.25) is 19.2 Å². The maximum atomic E-state index is 9.00. The number of carboxylic acids is 4. The Bertz CT molecular complexity index is 162. The molecule has 0 aliphatic carbocycles. The number of hydrogen-bond donors (Lipinski definition) is 4. The second-order valence-corrected chi connectivity index (χ2v) is 2.08. The molecule has 0 aliphatic heterocycles. The number of carboxylic acid groups (broad SMARTS) is 4. The molecule has 0 heterocycles. The fourth-order valence-electron chi connectivity index (χ4n) is 0. The van der Waals surface area contributed by atoms with Gasteiger partial charge in [0.1, 0.15) is 0 Å². The van der Waals surface area contributed by atoms with Gasteiger partial charge in [0.15, 0.2) is 0 Å². The first kappa shape index (κ1) is 29.8. The van der Waals surface area contributed by atoms with E-state index in [1.165, 1.54) is 0 Å². The van der Waals surface area contributed by atoms with Crippen LogP contribution < -0.4 is 0 Å². The van der Waals surface area contributed by atoms with Crippen molar-refractivity contribution in [1.82, 2.24) is 0 Å². The molecule has 0 bridgehead atoms. The molecule has 0 amide bonds. The zero-order valence-corrected chi connectivity index (χ0v) is 11.6. The summed E-state index contributed by atoms with van der Waals surface area (Å²) < 4.78 is 0. The monoisotopic (exact) mass is 406 g/mol.